The summed E-state index contributed by atoms with van der Waals surface area (Å²) in [5.74, 6) is -4.64. The smallest absolute Gasteiger partial charge is 0.365 e. The van der Waals surface area contributed by atoms with Crippen LogP contribution in [0, 0.1) is 30.3 Å². The number of anilines is 1. The summed E-state index contributed by atoms with van der Waals surface area (Å²) >= 11 is 0. The van der Waals surface area contributed by atoms with Crippen molar-refractivity contribution in [2.45, 2.75) is 5.91 Å². The van der Waals surface area contributed by atoms with Crippen LogP contribution in [0.3, 0.4) is 0 Å². The molecule has 0 bridgehead atoms. The molecule has 0 atom stereocenters. The van der Waals surface area contributed by atoms with Gasteiger partial charge in [0, 0.05) is 0 Å². The number of nitro groups is 3. The van der Waals surface area contributed by atoms with Crippen molar-refractivity contribution < 1.29 is 14.8 Å². The van der Waals surface area contributed by atoms with E-state index in [4.69, 9.17) is 5.73 Å². The molecule has 14 nitrogen and oxygen atoms in total. The van der Waals surface area contributed by atoms with Crippen molar-refractivity contribution in [2.24, 2.45) is 0 Å². The monoisotopic (exact) mass is 234 g/mol. The molecule has 0 unspecified atom stereocenters. The van der Waals surface area contributed by atoms with Gasteiger partial charge in [0.05, 0.1) is 4.80 Å². The lowest BCUT2D eigenvalue weighted by Gasteiger charge is -2.04. The first-order valence-electron chi connectivity index (χ1n) is 3.33. The van der Waals surface area contributed by atoms with Crippen molar-refractivity contribution in [3.63, 3.8) is 0 Å². The van der Waals surface area contributed by atoms with Crippen LogP contribution >= 0.6 is 0 Å². The second-order valence-electron chi connectivity index (χ2n) is 2.31. The minimum absolute atomic E-state index is 0.387. The quantitative estimate of drug-likeness (QED) is 0.334. The van der Waals surface area contributed by atoms with Gasteiger partial charge >= 0.3 is 5.91 Å². The van der Waals surface area contributed by atoms with Gasteiger partial charge in [0.2, 0.25) is 14.8 Å². The number of hydrogen-bond donors (Lipinski definition) is 1. The van der Waals surface area contributed by atoms with Gasteiger partial charge in [-0.05, 0) is 5.21 Å². The highest BCUT2D eigenvalue weighted by Crippen LogP contribution is 2.16. The molecule has 1 aromatic heterocycles. The predicted octanol–water partition coefficient (Wildman–Crippen LogP) is -2.35. The molecule has 1 heterocycles. The minimum Gasteiger partial charge on any atom is -0.365 e. The first kappa shape index (κ1) is 11.1. The van der Waals surface area contributed by atoms with Crippen molar-refractivity contribution in [3.8, 4) is 0 Å². The molecule has 2 N–H and O–H groups in total. The Balaban J connectivity index is 3.51. The van der Waals surface area contributed by atoms with E-state index in [9.17, 15) is 30.3 Å². The molecule has 14 heteroatoms. The minimum atomic E-state index is -3.97. The fraction of sp³-hybridized carbons (Fsp3) is 0.500. The van der Waals surface area contributed by atoms with Gasteiger partial charge in [0.1, 0.15) is 0 Å². The van der Waals surface area contributed by atoms with E-state index in [0.29, 0.717) is 0 Å². The maximum absolute atomic E-state index is 10.5. The van der Waals surface area contributed by atoms with Gasteiger partial charge in [-0.15, -0.1) is 0 Å². The van der Waals surface area contributed by atoms with Gasteiger partial charge in [-0.2, -0.15) is 0 Å². The van der Waals surface area contributed by atoms with E-state index in [2.05, 4.69) is 15.4 Å². The highest BCUT2D eigenvalue weighted by atomic mass is 16.7. The van der Waals surface area contributed by atoms with Crippen LogP contribution in [0.2, 0.25) is 0 Å². The molecule has 0 spiro atoms. The first-order chi connectivity index (χ1) is 7.33. The SMILES string of the molecule is Nc1nnn(C([N+](=O)[O-])([N+](=O)[O-])[N+](=O)[O-])n1. The highest BCUT2D eigenvalue weighted by molar-refractivity contribution is 5.06. The van der Waals surface area contributed by atoms with Crippen molar-refractivity contribution in [2.75, 3.05) is 5.73 Å². The number of rotatable bonds is 4. The van der Waals surface area contributed by atoms with E-state index < -0.39 is 26.6 Å². The molecule has 86 valence electrons. The molecule has 16 heavy (non-hydrogen) atoms. The zero-order chi connectivity index (χ0) is 12.5. The average molecular weight is 234 g/mol. The zero-order valence-electron chi connectivity index (χ0n) is 7.16. The Morgan fingerprint density at radius 2 is 1.56 bits per heavy atom. The van der Waals surface area contributed by atoms with E-state index >= 15 is 0 Å². The first-order valence-corrected chi connectivity index (χ1v) is 3.33. The van der Waals surface area contributed by atoms with Crippen molar-refractivity contribution in [1.29, 1.82) is 0 Å². The third-order valence-corrected chi connectivity index (χ3v) is 1.43. The van der Waals surface area contributed by atoms with E-state index in [0.717, 1.165) is 0 Å². The van der Waals surface area contributed by atoms with Crippen LogP contribution in [0.1, 0.15) is 0 Å². The molecule has 0 aliphatic rings. The molecule has 0 aromatic carbocycles. The number of tetrazole rings is 1. The third-order valence-electron chi connectivity index (χ3n) is 1.43. The maximum atomic E-state index is 10.5. The van der Waals surface area contributed by atoms with E-state index in [1.54, 1.807) is 0 Å². The van der Waals surface area contributed by atoms with Crippen LogP contribution in [0.15, 0.2) is 0 Å². The van der Waals surface area contributed by atoms with Gasteiger partial charge in [-0.1, -0.05) is 10.2 Å². The summed E-state index contributed by atoms with van der Waals surface area (Å²) in [6, 6.07) is 0. The Labute approximate surface area is 84.1 Å². The number of nitrogens with two attached hydrogens (primary N) is 1. The summed E-state index contributed by atoms with van der Waals surface area (Å²) < 4.78 is 0. The van der Waals surface area contributed by atoms with Gasteiger partial charge in [-0.3, -0.25) is 30.3 Å². The summed E-state index contributed by atoms with van der Waals surface area (Å²) in [5, 5.41) is 39.9. The lowest BCUT2D eigenvalue weighted by atomic mass is 10.7. The standard InChI is InChI=1S/C2H2N8O6/c3-1-4-6-7(5-1)2(8(11)12,9(13)14)10(15)16/h(H2,3,5). The van der Waals surface area contributed by atoms with Crippen LogP contribution < -0.4 is 5.73 Å². The Bertz CT molecular complexity index is 427. The van der Waals surface area contributed by atoms with Crippen LogP contribution in [0.4, 0.5) is 5.95 Å². The summed E-state index contributed by atoms with van der Waals surface area (Å²) in [6.07, 6.45) is 0. The Hall–Kier alpha value is -2.93. The van der Waals surface area contributed by atoms with Gasteiger partial charge in [0.25, 0.3) is 5.95 Å². The Morgan fingerprint density at radius 3 is 1.81 bits per heavy atom. The van der Waals surface area contributed by atoms with Gasteiger partial charge < -0.3 is 5.73 Å². The second-order valence-corrected chi connectivity index (χ2v) is 2.31. The fourth-order valence-electron chi connectivity index (χ4n) is 0.771. The van der Waals surface area contributed by atoms with Crippen molar-refractivity contribution in [1.82, 2.24) is 20.2 Å². The molecule has 1 rings (SSSR count). The number of nitrogens with zero attached hydrogens (tertiary/aromatic N) is 7. The largest absolute Gasteiger partial charge is 0.837 e. The summed E-state index contributed by atoms with van der Waals surface area (Å²) in [5.41, 5.74) is 4.90. The lowest BCUT2D eigenvalue weighted by Crippen LogP contribution is -2.56. The molecule has 0 amide bonds. The van der Waals surface area contributed by atoms with E-state index in [-0.39, 0.29) is 4.80 Å². The molecule has 0 saturated carbocycles. The molecule has 0 radical (unpaired) electrons. The maximum Gasteiger partial charge on any atom is 0.837 e. The molecular formula is C2H2N8O6. The Morgan fingerprint density at radius 1 is 1.12 bits per heavy atom. The van der Waals surface area contributed by atoms with Gasteiger partial charge in [-0.25, -0.2) is 0 Å². The van der Waals surface area contributed by atoms with Crippen LogP contribution in [-0.2, 0) is 5.91 Å². The van der Waals surface area contributed by atoms with E-state index in [1.165, 1.54) is 0 Å². The van der Waals surface area contributed by atoms with Crippen LogP contribution in [0.5, 0.6) is 0 Å². The molecule has 0 aliphatic carbocycles. The molecule has 0 saturated heterocycles. The summed E-state index contributed by atoms with van der Waals surface area (Å²) in [7, 11) is 0. The number of nitrogen functional groups attached to an aromatic ring is 1. The summed E-state index contributed by atoms with van der Waals surface area (Å²) in [4.78, 5) is 25.7. The van der Waals surface area contributed by atoms with Crippen LogP contribution in [-0.4, -0.2) is 35.0 Å². The van der Waals surface area contributed by atoms with E-state index in [1.807, 2.05) is 0 Å². The van der Waals surface area contributed by atoms with Crippen molar-refractivity contribution in [3.05, 3.63) is 30.3 Å². The molecular weight excluding hydrogens is 232 g/mol. The second kappa shape index (κ2) is 3.33. The highest BCUT2D eigenvalue weighted by Gasteiger charge is 2.76. The third kappa shape index (κ3) is 1.24. The topological polar surface area (TPSA) is 199 Å². The van der Waals surface area contributed by atoms with Crippen molar-refractivity contribution >= 4 is 5.95 Å². The number of hydrogen-bond acceptors (Lipinski definition) is 10. The predicted molar refractivity (Wildman–Crippen MR) is 41.2 cm³/mol. The van der Waals surface area contributed by atoms with Gasteiger partial charge in [0.15, 0.2) is 0 Å². The lowest BCUT2D eigenvalue weighted by molar-refractivity contribution is -1.01. The molecule has 1 aromatic rings. The summed E-state index contributed by atoms with van der Waals surface area (Å²) in [6.45, 7) is 0. The zero-order valence-corrected chi connectivity index (χ0v) is 7.16. The average Bonchev–Trinajstić information content (AvgIpc) is 2.50. The normalized spacial score (nSPS) is 11.0. The fourth-order valence-corrected chi connectivity index (χ4v) is 0.771. The molecule has 0 fully saturated rings. The molecule has 0 aliphatic heterocycles. The Kier molecular flexibility index (Phi) is 2.32. The number of aromatic nitrogens is 4. The van der Waals surface area contributed by atoms with Crippen LogP contribution in [0.25, 0.3) is 0 Å².